The monoisotopic (exact) mass is 335 g/mol. The minimum Gasteiger partial charge on any atom is -0.478 e. The van der Waals surface area contributed by atoms with Gasteiger partial charge < -0.3 is 5.11 Å². The summed E-state index contributed by atoms with van der Waals surface area (Å²) in [6.45, 7) is 0. The first-order valence-electron chi connectivity index (χ1n) is 5.47. The fourth-order valence-corrected chi connectivity index (χ4v) is 2.85. The lowest BCUT2D eigenvalue weighted by molar-refractivity contribution is 0.0697. The Balaban J connectivity index is 2.44. The summed E-state index contributed by atoms with van der Waals surface area (Å²) in [5.41, 5.74) is 0.265. The number of carboxylic acid groups (broad SMARTS) is 1. The van der Waals surface area contributed by atoms with Crippen molar-refractivity contribution in [3.63, 3.8) is 0 Å². The van der Waals surface area contributed by atoms with Crippen LogP contribution in [0.4, 0.5) is 0 Å². The predicted molar refractivity (Wildman–Crippen MR) is 78.9 cm³/mol. The molecule has 1 N–H and O–H groups in total. The number of hydrogen-bond acceptors (Lipinski definition) is 2. The summed E-state index contributed by atoms with van der Waals surface area (Å²) in [6, 6.07) is 8.71. The second kappa shape index (κ2) is 4.47. The number of halogens is 2. The normalized spacial score (nSPS) is 11.1. The van der Waals surface area contributed by atoms with Gasteiger partial charge in [0.15, 0.2) is 0 Å². The lowest BCUT2D eigenvalue weighted by Gasteiger charge is -2.07. The van der Waals surface area contributed by atoms with Crippen molar-refractivity contribution in [1.29, 1.82) is 0 Å². The number of carboxylic acids is 1. The average molecular weight is 337 g/mol. The summed E-state index contributed by atoms with van der Waals surface area (Å²) >= 11 is 9.38. The highest BCUT2D eigenvalue weighted by Crippen LogP contribution is 2.33. The quantitative estimate of drug-likeness (QED) is 0.526. The third kappa shape index (κ3) is 2.07. The van der Waals surface area contributed by atoms with Gasteiger partial charge in [-0.2, -0.15) is 0 Å². The molecule has 3 nitrogen and oxygen atoms in total. The molecule has 0 aliphatic heterocycles. The molecule has 0 aliphatic rings. The molecule has 0 aliphatic carbocycles. The lowest BCUT2D eigenvalue weighted by atomic mass is 10.0. The van der Waals surface area contributed by atoms with Crippen LogP contribution in [0.5, 0.6) is 0 Å². The van der Waals surface area contributed by atoms with Crippen molar-refractivity contribution in [2.75, 3.05) is 0 Å². The van der Waals surface area contributed by atoms with Gasteiger partial charge in [-0.3, -0.25) is 0 Å². The number of rotatable bonds is 1. The standard InChI is InChI=1S/C14H7BrClNO2/c15-12-4-8-3-7(14(18)19)1-2-9(8)11-6-17-13(16)5-10(11)12/h1-6H,(H,18,19). The number of fused-ring (bicyclic) bond motifs is 3. The Hall–Kier alpha value is -1.65. The Morgan fingerprint density at radius 2 is 1.95 bits per heavy atom. The van der Waals surface area contributed by atoms with Gasteiger partial charge in [-0.15, -0.1) is 0 Å². The smallest absolute Gasteiger partial charge is 0.335 e. The molecule has 0 radical (unpaired) electrons. The maximum atomic E-state index is 11.0. The summed E-state index contributed by atoms with van der Waals surface area (Å²) in [4.78, 5) is 15.1. The Labute approximate surface area is 122 Å². The molecule has 2 aromatic carbocycles. The molecule has 5 heteroatoms. The molecular weight excluding hydrogens is 330 g/mol. The molecule has 0 amide bonds. The zero-order valence-electron chi connectivity index (χ0n) is 9.52. The van der Waals surface area contributed by atoms with Crippen LogP contribution in [0, 0.1) is 0 Å². The van der Waals surface area contributed by atoms with Crippen LogP contribution in [-0.4, -0.2) is 16.1 Å². The van der Waals surface area contributed by atoms with Crippen LogP contribution in [0.1, 0.15) is 10.4 Å². The highest BCUT2D eigenvalue weighted by Gasteiger charge is 2.09. The molecule has 1 aromatic heterocycles. The Morgan fingerprint density at radius 1 is 1.16 bits per heavy atom. The van der Waals surface area contributed by atoms with E-state index in [1.807, 2.05) is 6.07 Å². The number of hydrogen-bond donors (Lipinski definition) is 1. The Bertz CT molecular complexity index is 832. The van der Waals surface area contributed by atoms with Crippen molar-refractivity contribution in [1.82, 2.24) is 4.98 Å². The van der Waals surface area contributed by atoms with E-state index in [0.29, 0.717) is 5.15 Å². The molecule has 0 unspecified atom stereocenters. The molecule has 94 valence electrons. The van der Waals surface area contributed by atoms with Gasteiger partial charge in [0.05, 0.1) is 5.56 Å². The third-order valence-corrected chi connectivity index (χ3v) is 3.86. The molecule has 3 aromatic rings. The van der Waals surface area contributed by atoms with E-state index in [1.54, 1.807) is 30.5 Å². The molecule has 0 saturated carbocycles. The first-order valence-corrected chi connectivity index (χ1v) is 6.64. The summed E-state index contributed by atoms with van der Waals surface area (Å²) in [6.07, 6.45) is 1.70. The van der Waals surface area contributed by atoms with Crippen LogP contribution in [0.15, 0.2) is 41.0 Å². The van der Waals surface area contributed by atoms with Crippen molar-refractivity contribution >= 4 is 55.0 Å². The molecule has 0 bridgehead atoms. The molecule has 0 fully saturated rings. The summed E-state index contributed by atoms with van der Waals surface area (Å²) in [5.74, 6) is -0.938. The number of aromatic nitrogens is 1. The minimum absolute atomic E-state index is 0.265. The van der Waals surface area contributed by atoms with Gasteiger partial charge in [0.1, 0.15) is 5.15 Å². The highest BCUT2D eigenvalue weighted by atomic mass is 79.9. The van der Waals surface area contributed by atoms with Crippen LogP contribution < -0.4 is 0 Å². The van der Waals surface area contributed by atoms with E-state index >= 15 is 0 Å². The zero-order chi connectivity index (χ0) is 13.6. The van der Waals surface area contributed by atoms with Crippen molar-refractivity contribution in [3.8, 4) is 0 Å². The summed E-state index contributed by atoms with van der Waals surface area (Å²) in [7, 11) is 0. The number of carbonyl (C=O) groups is 1. The van der Waals surface area contributed by atoms with Crippen molar-refractivity contribution < 1.29 is 9.90 Å². The van der Waals surface area contributed by atoms with Crippen LogP contribution in [0.25, 0.3) is 21.5 Å². The second-order valence-electron chi connectivity index (χ2n) is 4.15. The fourth-order valence-electron chi connectivity index (χ4n) is 2.12. The van der Waals surface area contributed by atoms with Crippen molar-refractivity contribution in [2.24, 2.45) is 0 Å². The first kappa shape index (κ1) is 12.4. The maximum absolute atomic E-state index is 11.0. The van der Waals surface area contributed by atoms with Gasteiger partial charge in [-0.1, -0.05) is 33.6 Å². The largest absolute Gasteiger partial charge is 0.478 e. The molecule has 0 saturated heterocycles. The zero-order valence-corrected chi connectivity index (χ0v) is 11.9. The van der Waals surface area contributed by atoms with Gasteiger partial charge in [0.25, 0.3) is 0 Å². The van der Waals surface area contributed by atoms with Gasteiger partial charge in [-0.25, -0.2) is 9.78 Å². The lowest BCUT2D eigenvalue weighted by Crippen LogP contribution is -1.95. The first-order chi connectivity index (χ1) is 9.06. The highest BCUT2D eigenvalue weighted by molar-refractivity contribution is 9.10. The maximum Gasteiger partial charge on any atom is 0.335 e. The van der Waals surface area contributed by atoms with Crippen LogP contribution >= 0.6 is 27.5 Å². The van der Waals surface area contributed by atoms with E-state index in [4.69, 9.17) is 16.7 Å². The molecular formula is C14H7BrClNO2. The van der Waals surface area contributed by atoms with E-state index in [2.05, 4.69) is 20.9 Å². The number of pyridine rings is 1. The van der Waals surface area contributed by atoms with Crippen molar-refractivity contribution in [3.05, 3.63) is 51.7 Å². The summed E-state index contributed by atoms with van der Waals surface area (Å²) < 4.78 is 0.863. The predicted octanol–water partition coefficient (Wildman–Crippen LogP) is 4.50. The van der Waals surface area contributed by atoms with Gasteiger partial charge in [0, 0.05) is 21.4 Å². The van der Waals surface area contributed by atoms with Gasteiger partial charge in [0.2, 0.25) is 0 Å². The molecule has 0 spiro atoms. The summed E-state index contributed by atoms with van der Waals surface area (Å²) in [5, 5.41) is 13.1. The average Bonchev–Trinajstić information content (AvgIpc) is 2.38. The van der Waals surface area contributed by atoms with Gasteiger partial charge in [-0.05, 0) is 35.0 Å². The van der Waals surface area contributed by atoms with Crippen molar-refractivity contribution in [2.45, 2.75) is 0 Å². The Morgan fingerprint density at radius 3 is 2.68 bits per heavy atom. The SMILES string of the molecule is O=C(O)c1ccc2c(c1)cc(Br)c1cc(Cl)ncc12. The number of benzene rings is 2. The third-order valence-electron chi connectivity index (χ3n) is 3.00. The van der Waals surface area contributed by atoms with E-state index in [9.17, 15) is 4.79 Å². The fraction of sp³-hybridized carbons (Fsp3) is 0. The molecule has 0 atom stereocenters. The van der Waals surface area contributed by atoms with E-state index in [1.165, 1.54) is 0 Å². The van der Waals surface area contributed by atoms with Crippen LogP contribution in [0.3, 0.4) is 0 Å². The number of aromatic carboxylic acids is 1. The number of nitrogens with zero attached hydrogens (tertiary/aromatic N) is 1. The van der Waals surface area contributed by atoms with E-state index < -0.39 is 5.97 Å². The molecule has 1 heterocycles. The van der Waals surface area contributed by atoms with Crippen LogP contribution in [-0.2, 0) is 0 Å². The topological polar surface area (TPSA) is 50.2 Å². The second-order valence-corrected chi connectivity index (χ2v) is 5.39. The van der Waals surface area contributed by atoms with Gasteiger partial charge >= 0.3 is 5.97 Å². The molecule has 19 heavy (non-hydrogen) atoms. The van der Waals surface area contributed by atoms with E-state index in [0.717, 1.165) is 26.0 Å². The Kier molecular flexibility index (Phi) is 2.92. The van der Waals surface area contributed by atoms with E-state index in [-0.39, 0.29) is 5.56 Å². The molecule has 3 rings (SSSR count). The minimum atomic E-state index is -0.938. The van der Waals surface area contributed by atoms with Crippen LogP contribution in [0.2, 0.25) is 5.15 Å².